The average molecular weight is 412 g/mol. The lowest BCUT2D eigenvalue weighted by Crippen LogP contribution is -2.64. The van der Waals surface area contributed by atoms with Gasteiger partial charge in [-0.05, 0) is 23.2 Å². The molecule has 1 aromatic heterocycles. The van der Waals surface area contributed by atoms with E-state index >= 15 is 0 Å². The summed E-state index contributed by atoms with van der Waals surface area (Å²) < 4.78 is 6.42. The van der Waals surface area contributed by atoms with Crippen LogP contribution in [0.25, 0.3) is 10.8 Å². The van der Waals surface area contributed by atoms with Gasteiger partial charge in [0.15, 0.2) is 0 Å². The zero-order valence-electron chi connectivity index (χ0n) is 18.0. The van der Waals surface area contributed by atoms with Gasteiger partial charge in [0.1, 0.15) is 13.8 Å². The maximum Gasteiger partial charge on any atom is 0.127 e. The maximum atomic E-state index is 6.42. The first-order valence-electron chi connectivity index (χ1n) is 10.6. The second-order valence-electron chi connectivity index (χ2n) is 8.84. The van der Waals surface area contributed by atoms with Crippen molar-refractivity contribution in [2.45, 2.75) is 31.9 Å². The van der Waals surface area contributed by atoms with Crippen molar-refractivity contribution in [1.29, 1.82) is 0 Å². The highest BCUT2D eigenvalue weighted by Gasteiger charge is 2.47. The molecule has 0 N–H and O–H groups in total. The summed E-state index contributed by atoms with van der Waals surface area (Å²) in [6.07, 6.45) is 3.72. The van der Waals surface area contributed by atoms with Gasteiger partial charge in [-0.2, -0.15) is 0 Å². The molecule has 1 heterocycles. The molecule has 0 amide bonds. The van der Waals surface area contributed by atoms with Crippen molar-refractivity contribution >= 4 is 29.2 Å². The number of fused-ring (bicyclic) bond motifs is 1. The standard InChI is InChI=1S/C27H29NOSi/c1-27(2,3)30(23-12-6-4-7-13-23,24-14-8-5-9-15-24)20-19-29-26-16-10-11-22-21-28-18-17-25(22)26/h4-18,21H,19-20H2,1-3H3. The third-order valence-electron chi connectivity index (χ3n) is 6.19. The topological polar surface area (TPSA) is 22.1 Å². The van der Waals surface area contributed by atoms with Crippen molar-refractivity contribution in [3.8, 4) is 5.75 Å². The Morgan fingerprint density at radius 3 is 2.00 bits per heavy atom. The van der Waals surface area contributed by atoms with Gasteiger partial charge in [-0.3, -0.25) is 4.98 Å². The normalized spacial score (nSPS) is 12.1. The summed E-state index contributed by atoms with van der Waals surface area (Å²) in [5.74, 6) is 0.938. The number of hydrogen-bond acceptors (Lipinski definition) is 2. The Morgan fingerprint density at radius 2 is 1.40 bits per heavy atom. The molecule has 0 radical (unpaired) electrons. The van der Waals surface area contributed by atoms with Crippen LogP contribution in [0.3, 0.4) is 0 Å². The van der Waals surface area contributed by atoms with Crippen LogP contribution in [-0.2, 0) is 0 Å². The Hall–Kier alpha value is -2.91. The second-order valence-corrected chi connectivity index (χ2v) is 13.8. The summed E-state index contributed by atoms with van der Waals surface area (Å²) in [5.41, 5.74) is 0. The molecule has 2 nitrogen and oxygen atoms in total. The van der Waals surface area contributed by atoms with Crippen LogP contribution in [0.5, 0.6) is 5.75 Å². The zero-order valence-corrected chi connectivity index (χ0v) is 19.0. The first kappa shape index (κ1) is 20.4. The zero-order chi connectivity index (χ0) is 21.0. The molecule has 0 bridgehead atoms. The van der Waals surface area contributed by atoms with E-state index in [-0.39, 0.29) is 5.04 Å². The Morgan fingerprint density at radius 1 is 0.767 bits per heavy atom. The maximum absolute atomic E-state index is 6.42. The summed E-state index contributed by atoms with van der Waals surface area (Å²) in [7, 11) is -2.11. The SMILES string of the molecule is CC(C)(C)[Si](CCOc1cccc2cnccc12)(c1ccccc1)c1ccccc1. The highest BCUT2D eigenvalue weighted by molar-refractivity contribution is 7.04. The minimum atomic E-state index is -2.11. The molecule has 0 saturated heterocycles. The van der Waals surface area contributed by atoms with Crippen LogP contribution in [0.2, 0.25) is 11.1 Å². The van der Waals surface area contributed by atoms with Crippen LogP contribution in [0.4, 0.5) is 0 Å². The molecule has 152 valence electrons. The molecule has 30 heavy (non-hydrogen) atoms. The lowest BCUT2D eigenvalue weighted by Gasteiger charge is -2.44. The van der Waals surface area contributed by atoms with Gasteiger partial charge in [-0.25, -0.2) is 0 Å². The minimum absolute atomic E-state index is 0.141. The van der Waals surface area contributed by atoms with Gasteiger partial charge in [-0.1, -0.05) is 104 Å². The van der Waals surface area contributed by atoms with E-state index in [0.717, 1.165) is 22.6 Å². The molecule has 4 aromatic rings. The molecule has 0 aliphatic rings. The fraction of sp³-hybridized carbons (Fsp3) is 0.222. The summed E-state index contributed by atoms with van der Waals surface area (Å²) in [4.78, 5) is 4.24. The number of aromatic nitrogens is 1. The van der Waals surface area contributed by atoms with Gasteiger partial charge in [0.25, 0.3) is 0 Å². The van der Waals surface area contributed by atoms with E-state index in [1.807, 2.05) is 24.5 Å². The second kappa shape index (κ2) is 8.45. The molecule has 3 heteroatoms. The number of rotatable bonds is 6. The lowest BCUT2D eigenvalue weighted by molar-refractivity contribution is 0.341. The Kier molecular flexibility index (Phi) is 5.73. The van der Waals surface area contributed by atoms with Crippen LogP contribution >= 0.6 is 0 Å². The molecule has 0 atom stereocenters. The molecule has 0 aliphatic heterocycles. The number of pyridine rings is 1. The summed E-state index contributed by atoms with van der Waals surface area (Å²) in [6, 6.07) is 31.4. The number of ether oxygens (including phenoxy) is 1. The molecule has 4 rings (SSSR count). The van der Waals surface area contributed by atoms with Crippen molar-refractivity contribution in [3.05, 3.63) is 97.3 Å². The van der Waals surface area contributed by atoms with E-state index in [1.165, 1.54) is 10.4 Å². The van der Waals surface area contributed by atoms with Crippen LogP contribution in [0.1, 0.15) is 20.8 Å². The van der Waals surface area contributed by atoms with E-state index in [4.69, 9.17) is 4.74 Å². The first-order valence-corrected chi connectivity index (χ1v) is 12.8. The van der Waals surface area contributed by atoms with E-state index in [0.29, 0.717) is 6.61 Å². The average Bonchev–Trinajstić information content (AvgIpc) is 2.77. The molecule has 3 aromatic carbocycles. The fourth-order valence-corrected chi connectivity index (χ4v) is 10.00. The van der Waals surface area contributed by atoms with Crippen LogP contribution in [-0.4, -0.2) is 19.7 Å². The fourth-order valence-electron chi connectivity index (χ4n) is 4.67. The molecule has 0 unspecified atom stereocenters. The Balaban J connectivity index is 1.72. The molecule has 0 aliphatic carbocycles. The monoisotopic (exact) mass is 411 g/mol. The predicted octanol–water partition coefficient (Wildman–Crippen LogP) is 5.68. The van der Waals surface area contributed by atoms with Crippen molar-refractivity contribution in [3.63, 3.8) is 0 Å². The van der Waals surface area contributed by atoms with Crippen molar-refractivity contribution in [1.82, 2.24) is 4.98 Å². The van der Waals surface area contributed by atoms with E-state index < -0.39 is 8.07 Å². The van der Waals surface area contributed by atoms with Gasteiger partial charge in [0.05, 0.1) is 6.61 Å². The molecule has 0 fully saturated rings. The smallest absolute Gasteiger partial charge is 0.127 e. The quantitative estimate of drug-likeness (QED) is 0.381. The highest BCUT2D eigenvalue weighted by atomic mass is 28.3. The largest absolute Gasteiger partial charge is 0.493 e. The predicted molar refractivity (Wildman–Crippen MR) is 130 cm³/mol. The Labute approximate surface area is 180 Å². The molecular weight excluding hydrogens is 382 g/mol. The van der Waals surface area contributed by atoms with Crippen molar-refractivity contribution in [2.24, 2.45) is 0 Å². The Bertz CT molecular complexity index is 1060. The van der Waals surface area contributed by atoms with Gasteiger partial charge in [0.2, 0.25) is 0 Å². The van der Waals surface area contributed by atoms with Crippen molar-refractivity contribution < 1.29 is 4.74 Å². The molecule has 0 saturated carbocycles. The van der Waals surface area contributed by atoms with E-state index in [1.54, 1.807) is 0 Å². The highest BCUT2D eigenvalue weighted by Crippen LogP contribution is 2.38. The van der Waals surface area contributed by atoms with Gasteiger partial charge in [-0.15, -0.1) is 0 Å². The third-order valence-corrected chi connectivity index (χ3v) is 12.3. The van der Waals surface area contributed by atoms with Crippen LogP contribution < -0.4 is 15.1 Å². The summed E-state index contributed by atoms with van der Waals surface area (Å²) in [5, 5.41) is 5.31. The van der Waals surface area contributed by atoms with Gasteiger partial charge >= 0.3 is 0 Å². The van der Waals surface area contributed by atoms with Gasteiger partial charge in [0, 0.05) is 23.2 Å². The lowest BCUT2D eigenvalue weighted by atomic mass is 10.1. The summed E-state index contributed by atoms with van der Waals surface area (Å²) in [6.45, 7) is 7.86. The van der Waals surface area contributed by atoms with Gasteiger partial charge < -0.3 is 4.74 Å². The van der Waals surface area contributed by atoms with E-state index in [9.17, 15) is 0 Å². The number of benzene rings is 3. The molecular formula is C27H29NOSi. The minimum Gasteiger partial charge on any atom is -0.493 e. The first-order chi connectivity index (χ1) is 14.5. The third kappa shape index (κ3) is 3.78. The number of hydrogen-bond donors (Lipinski definition) is 0. The molecule has 0 spiro atoms. The number of nitrogens with zero attached hydrogens (tertiary/aromatic N) is 1. The summed E-state index contributed by atoms with van der Waals surface area (Å²) >= 11 is 0. The van der Waals surface area contributed by atoms with Crippen LogP contribution in [0.15, 0.2) is 97.3 Å². The van der Waals surface area contributed by atoms with Crippen LogP contribution in [0, 0.1) is 0 Å². The van der Waals surface area contributed by atoms with Crippen molar-refractivity contribution in [2.75, 3.05) is 6.61 Å². The van der Waals surface area contributed by atoms with E-state index in [2.05, 4.69) is 98.6 Å².